The van der Waals surface area contributed by atoms with Gasteiger partial charge in [0.25, 0.3) is 0 Å². The molecule has 0 heterocycles. The highest BCUT2D eigenvalue weighted by molar-refractivity contribution is 9.11. The number of benzene rings is 1. The summed E-state index contributed by atoms with van der Waals surface area (Å²) in [6.07, 6.45) is 0.907. The first-order chi connectivity index (χ1) is 7.58. The fourth-order valence-electron chi connectivity index (χ4n) is 1.12. The molecule has 2 nitrogen and oxygen atoms in total. The number of aliphatic hydroxyl groups excluding tert-OH is 1. The van der Waals surface area contributed by atoms with E-state index in [4.69, 9.17) is 9.84 Å². The third-order valence-corrected chi connectivity index (χ3v) is 3.34. The standard InChI is InChI=1S/C12H14Br2O2/c1-3-8(2)7-16-12-10(13)4-9(6-15)5-11(12)14/h4-5,15H,2-3,6-7H2,1H3. The zero-order valence-electron chi connectivity index (χ0n) is 9.09. The van der Waals surface area contributed by atoms with Gasteiger partial charge in [-0.2, -0.15) is 0 Å². The molecule has 0 aliphatic heterocycles. The van der Waals surface area contributed by atoms with Crippen LogP contribution in [0.15, 0.2) is 33.2 Å². The van der Waals surface area contributed by atoms with Gasteiger partial charge in [0, 0.05) is 0 Å². The minimum Gasteiger partial charge on any atom is -0.487 e. The van der Waals surface area contributed by atoms with Crippen molar-refractivity contribution in [2.24, 2.45) is 0 Å². The van der Waals surface area contributed by atoms with Crippen LogP contribution in [0.2, 0.25) is 0 Å². The molecule has 88 valence electrons. The molecule has 0 aliphatic rings. The highest BCUT2D eigenvalue weighted by Crippen LogP contribution is 2.35. The van der Waals surface area contributed by atoms with E-state index in [1.807, 2.05) is 19.1 Å². The Morgan fingerprint density at radius 3 is 2.38 bits per heavy atom. The van der Waals surface area contributed by atoms with Crippen LogP contribution >= 0.6 is 31.9 Å². The number of ether oxygens (including phenoxy) is 1. The number of rotatable bonds is 5. The molecule has 16 heavy (non-hydrogen) atoms. The summed E-state index contributed by atoms with van der Waals surface area (Å²) in [4.78, 5) is 0. The number of hydrogen-bond acceptors (Lipinski definition) is 2. The molecular formula is C12H14Br2O2. The summed E-state index contributed by atoms with van der Waals surface area (Å²) in [7, 11) is 0. The molecule has 0 spiro atoms. The molecule has 0 fully saturated rings. The van der Waals surface area contributed by atoms with E-state index in [1.54, 1.807) is 0 Å². The first-order valence-electron chi connectivity index (χ1n) is 4.96. The third-order valence-electron chi connectivity index (χ3n) is 2.16. The molecule has 0 saturated heterocycles. The summed E-state index contributed by atoms with van der Waals surface area (Å²) in [6, 6.07) is 3.68. The van der Waals surface area contributed by atoms with Gasteiger partial charge in [-0.1, -0.05) is 13.5 Å². The van der Waals surface area contributed by atoms with Crippen molar-refractivity contribution < 1.29 is 9.84 Å². The average Bonchev–Trinajstić information content (AvgIpc) is 2.27. The van der Waals surface area contributed by atoms with E-state index < -0.39 is 0 Å². The highest BCUT2D eigenvalue weighted by atomic mass is 79.9. The summed E-state index contributed by atoms with van der Waals surface area (Å²) >= 11 is 6.83. The average molecular weight is 350 g/mol. The summed E-state index contributed by atoms with van der Waals surface area (Å²) in [5, 5.41) is 9.04. The van der Waals surface area contributed by atoms with Crippen LogP contribution in [0.1, 0.15) is 18.9 Å². The first kappa shape index (κ1) is 13.7. The second-order valence-electron chi connectivity index (χ2n) is 3.44. The first-order valence-corrected chi connectivity index (χ1v) is 6.55. The fraction of sp³-hybridized carbons (Fsp3) is 0.333. The Hall–Kier alpha value is -0.320. The quantitative estimate of drug-likeness (QED) is 0.812. The molecule has 0 atom stereocenters. The number of halogens is 2. The summed E-state index contributed by atoms with van der Waals surface area (Å²) < 4.78 is 7.30. The van der Waals surface area contributed by atoms with Crippen molar-refractivity contribution in [2.75, 3.05) is 6.61 Å². The van der Waals surface area contributed by atoms with Crippen LogP contribution < -0.4 is 4.74 Å². The second kappa shape index (κ2) is 6.42. The number of hydrogen-bond donors (Lipinski definition) is 1. The van der Waals surface area contributed by atoms with Crippen LogP contribution in [-0.4, -0.2) is 11.7 Å². The summed E-state index contributed by atoms with van der Waals surface area (Å²) in [5.41, 5.74) is 1.88. The van der Waals surface area contributed by atoms with E-state index in [0.717, 1.165) is 32.3 Å². The molecule has 0 aliphatic carbocycles. The Balaban J connectivity index is 2.84. The lowest BCUT2D eigenvalue weighted by Gasteiger charge is -2.12. The molecule has 0 bridgehead atoms. The van der Waals surface area contributed by atoms with Crippen molar-refractivity contribution in [2.45, 2.75) is 20.0 Å². The van der Waals surface area contributed by atoms with Crippen molar-refractivity contribution in [3.63, 3.8) is 0 Å². The van der Waals surface area contributed by atoms with Gasteiger partial charge in [-0.05, 0) is 61.5 Å². The van der Waals surface area contributed by atoms with Gasteiger partial charge >= 0.3 is 0 Å². The van der Waals surface area contributed by atoms with Gasteiger partial charge in [0.2, 0.25) is 0 Å². The molecule has 0 amide bonds. The van der Waals surface area contributed by atoms with E-state index in [-0.39, 0.29) is 6.61 Å². The monoisotopic (exact) mass is 348 g/mol. The zero-order chi connectivity index (χ0) is 12.1. The number of aliphatic hydroxyl groups is 1. The van der Waals surface area contributed by atoms with Gasteiger partial charge in [-0.3, -0.25) is 0 Å². The molecule has 0 aromatic heterocycles. The maximum atomic E-state index is 9.04. The largest absolute Gasteiger partial charge is 0.487 e. The highest BCUT2D eigenvalue weighted by Gasteiger charge is 2.08. The van der Waals surface area contributed by atoms with Gasteiger partial charge in [-0.15, -0.1) is 0 Å². The van der Waals surface area contributed by atoms with E-state index in [1.165, 1.54) is 0 Å². The minimum absolute atomic E-state index is 0.0130. The predicted octanol–water partition coefficient (Wildman–Crippen LogP) is 4.05. The normalized spacial score (nSPS) is 10.2. The molecular weight excluding hydrogens is 336 g/mol. The zero-order valence-corrected chi connectivity index (χ0v) is 12.3. The van der Waals surface area contributed by atoms with Crippen molar-refractivity contribution >= 4 is 31.9 Å². The van der Waals surface area contributed by atoms with Crippen LogP contribution in [0.4, 0.5) is 0 Å². The van der Waals surface area contributed by atoms with Gasteiger partial charge in [0.05, 0.1) is 15.6 Å². The Kier molecular flexibility index (Phi) is 5.52. The maximum absolute atomic E-state index is 9.04. The van der Waals surface area contributed by atoms with E-state index in [2.05, 4.69) is 38.4 Å². The van der Waals surface area contributed by atoms with E-state index in [0.29, 0.717) is 6.61 Å². The molecule has 1 aromatic rings. The van der Waals surface area contributed by atoms with Gasteiger partial charge in [0.1, 0.15) is 12.4 Å². The van der Waals surface area contributed by atoms with Crippen LogP contribution in [0.3, 0.4) is 0 Å². The van der Waals surface area contributed by atoms with Crippen molar-refractivity contribution in [1.29, 1.82) is 0 Å². The van der Waals surface area contributed by atoms with Crippen molar-refractivity contribution in [1.82, 2.24) is 0 Å². The van der Waals surface area contributed by atoms with Gasteiger partial charge < -0.3 is 9.84 Å². The Morgan fingerprint density at radius 1 is 1.38 bits per heavy atom. The lowest BCUT2D eigenvalue weighted by Crippen LogP contribution is -2.01. The van der Waals surface area contributed by atoms with Gasteiger partial charge in [-0.25, -0.2) is 0 Å². The second-order valence-corrected chi connectivity index (χ2v) is 5.15. The lowest BCUT2D eigenvalue weighted by molar-refractivity contribution is 0.281. The Bertz CT molecular complexity index is 366. The molecule has 0 saturated carbocycles. The van der Waals surface area contributed by atoms with Crippen molar-refractivity contribution in [3.8, 4) is 5.75 Å². The molecule has 0 radical (unpaired) electrons. The maximum Gasteiger partial charge on any atom is 0.148 e. The summed E-state index contributed by atoms with van der Waals surface area (Å²) in [5.74, 6) is 0.742. The summed E-state index contributed by atoms with van der Waals surface area (Å²) in [6.45, 7) is 6.45. The fourth-order valence-corrected chi connectivity index (χ4v) is 2.63. The third kappa shape index (κ3) is 3.61. The minimum atomic E-state index is 0.0130. The van der Waals surface area contributed by atoms with Crippen LogP contribution in [-0.2, 0) is 6.61 Å². The molecule has 1 rings (SSSR count). The SMILES string of the molecule is C=C(CC)COc1c(Br)cc(CO)cc1Br. The van der Waals surface area contributed by atoms with Gasteiger partial charge in [0.15, 0.2) is 0 Å². The smallest absolute Gasteiger partial charge is 0.148 e. The lowest BCUT2D eigenvalue weighted by atomic mass is 10.2. The van der Waals surface area contributed by atoms with Crippen molar-refractivity contribution in [3.05, 3.63) is 38.8 Å². The van der Waals surface area contributed by atoms with Crippen LogP contribution in [0, 0.1) is 0 Å². The Morgan fingerprint density at radius 2 is 1.94 bits per heavy atom. The predicted molar refractivity (Wildman–Crippen MR) is 72.7 cm³/mol. The molecule has 1 N–H and O–H groups in total. The Labute approximate surface area is 113 Å². The van der Waals surface area contributed by atoms with E-state index >= 15 is 0 Å². The van der Waals surface area contributed by atoms with Crippen LogP contribution in [0.5, 0.6) is 5.75 Å². The van der Waals surface area contributed by atoms with Crippen LogP contribution in [0.25, 0.3) is 0 Å². The molecule has 4 heteroatoms. The van der Waals surface area contributed by atoms with E-state index in [9.17, 15) is 0 Å². The molecule has 1 aromatic carbocycles. The molecule has 0 unspecified atom stereocenters. The topological polar surface area (TPSA) is 29.5 Å².